The molecule has 1 aliphatic rings. The predicted octanol–water partition coefficient (Wildman–Crippen LogP) is 2.39. The highest BCUT2D eigenvalue weighted by molar-refractivity contribution is 7.89. The molecule has 8 heteroatoms. The molecule has 0 aromatic carbocycles. The molecule has 0 radical (unpaired) electrons. The van der Waals surface area contributed by atoms with Crippen molar-refractivity contribution < 1.29 is 8.42 Å². The molecule has 2 aromatic heterocycles. The number of aromatic nitrogens is 2. The Balaban J connectivity index is 2.18. The Morgan fingerprint density at radius 1 is 1.48 bits per heavy atom. The molecule has 0 spiro atoms. The first kappa shape index (κ1) is 14.8. The molecule has 0 bridgehead atoms. The van der Waals surface area contributed by atoms with Crippen LogP contribution in [0.15, 0.2) is 16.6 Å². The third kappa shape index (κ3) is 2.25. The molecule has 1 fully saturated rings. The quantitative estimate of drug-likeness (QED) is 0.936. The third-order valence-electron chi connectivity index (χ3n) is 3.92. The van der Waals surface area contributed by atoms with Crippen molar-refractivity contribution >= 4 is 32.1 Å². The maximum Gasteiger partial charge on any atom is 0.263 e. The topological polar surface area (TPSA) is 66.7 Å². The minimum Gasteiger partial charge on any atom is -0.368 e. The Kier molecular flexibility index (Phi) is 3.50. The molecule has 2 aromatic rings. The summed E-state index contributed by atoms with van der Waals surface area (Å²) >= 11 is 1.44. The van der Waals surface area contributed by atoms with Crippen LogP contribution in [0.1, 0.15) is 33.6 Å². The van der Waals surface area contributed by atoms with Crippen molar-refractivity contribution in [3.63, 3.8) is 0 Å². The molecule has 1 saturated heterocycles. The van der Waals surface area contributed by atoms with Gasteiger partial charge in [-0.05, 0) is 33.6 Å². The van der Waals surface area contributed by atoms with Crippen LogP contribution in [0.2, 0.25) is 0 Å². The van der Waals surface area contributed by atoms with E-state index < -0.39 is 10.0 Å². The van der Waals surface area contributed by atoms with Gasteiger partial charge in [0.25, 0.3) is 10.0 Å². The van der Waals surface area contributed by atoms with Crippen LogP contribution >= 0.6 is 11.3 Å². The van der Waals surface area contributed by atoms with Crippen molar-refractivity contribution in [2.45, 2.75) is 44.2 Å². The van der Waals surface area contributed by atoms with E-state index in [0.717, 1.165) is 12.8 Å². The molecule has 1 N–H and O–H groups in total. The first-order chi connectivity index (χ1) is 9.88. The van der Waals surface area contributed by atoms with Crippen molar-refractivity contribution in [3.05, 3.63) is 11.6 Å². The molecule has 0 aliphatic carbocycles. The average molecular weight is 328 g/mol. The van der Waals surface area contributed by atoms with Crippen molar-refractivity contribution in [3.8, 4) is 0 Å². The maximum atomic E-state index is 13.1. The van der Waals surface area contributed by atoms with Crippen LogP contribution in [0.4, 0.5) is 5.82 Å². The number of anilines is 1. The van der Waals surface area contributed by atoms with Gasteiger partial charge in [-0.3, -0.25) is 4.40 Å². The van der Waals surface area contributed by atoms with Gasteiger partial charge in [0.05, 0.1) is 0 Å². The third-order valence-corrected chi connectivity index (χ3v) is 6.81. The first-order valence-electron chi connectivity index (χ1n) is 7.10. The zero-order valence-electron chi connectivity index (χ0n) is 12.5. The lowest BCUT2D eigenvalue weighted by Crippen LogP contribution is -2.43. The van der Waals surface area contributed by atoms with Crippen molar-refractivity contribution in [1.29, 1.82) is 0 Å². The van der Waals surface area contributed by atoms with Crippen LogP contribution in [0, 0.1) is 0 Å². The summed E-state index contributed by atoms with van der Waals surface area (Å²) in [4.78, 5) is 5.11. The van der Waals surface area contributed by atoms with Gasteiger partial charge in [0, 0.05) is 30.2 Å². The van der Waals surface area contributed by atoms with Crippen LogP contribution in [0.3, 0.4) is 0 Å². The molecule has 0 atom stereocenters. The van der Waals surface area contributed by atoms with E-state index in [1.54, 1.807) is 14.9 Å². The molecule has 21 heavy (non-hydrogen) atoms. The highest BCUT2D eigenvalue weighted by Gasteiger charge is 2.43. The van der Waals surface area contributed by atoms with Crippen LogP contribution in [0.5, 0.6) is 0 Å². The second-order valence-corrected chi connectivity index (χ2v) is 8.50. The number of nitrogens with one attached hydrogen (secondary N) is 1. The van der Waals surface area contributed by atoms with Crippen LogP contribution in [-0.4, -0.2) is 40.7 Å². The fraction of sp³-hybridized carbons (Fsp3) is 0.615. The number of imidazole rings is 1. The Labute approximate surface area is 128 Å². The summed E-state index contributed by atoms with van der Waals surface area (Å²) in [5.74, 6) is 0.451. The fourth-order valence-corrected chi connectivity index (χ4v) is 5.78. The van der Waals surface area contributed by atoms with E-state index in [4.69, 9.17) is 0 Å². The minimum atomic E-state index is -3.57. The van der Waals surface area contributed by atoms with Crippen molar-refractivity contribution in [2.75, 3.05) is 18.4 Å². The lowest BCUT2D eigenvalue weighted by molar-refractivity contribution is 0.291. The van der Waals surface area contributed by atoms with E-state index in [1.165, 1.54) is 11.3 Å². The predicted molar refractivity (Wildman–Crippen MR) is 84.4 cm³/mol. The van der Waals surface area contributed by atoms with E-state index in [1.807, 2.05) is 26.2 Å². The smallest absolute Gasteiger partial charge is 0.263 e. The number of fused-ring (bicyclic) bond motifs is 1. The fourth-order valence-electron chi connectivity index (χ4n) is 2.93. The van der Waals surface area contributed by atoms with Gasteiger partial charge in [0.1, 0.15) is 0 Å². The SMILES string of the molecule is CCNc1nc2sccn2c1S(=O)(=O)N1CCCC1(C)C. The second-order valence-electron chi connectivity index (χ2n) is 5.84. The lowest BCUT2D eigenvalue weighted by Gasteiger charge is -2.30. The molecule has 3 heterocycles. The summed E-state index contributed by atoms with van der Waals surface area (Å²) in [6, 6.07) is 0. The molecular weight excluding hydrogens is 308 g/mol. The normalized spacial score (nSPS) is 19.4. The Morgan fingerprint density at radius 3 is 2.86 bits per heavy atom. The summed E-state index contributed by atoms with van der Waals surface area (Å²) in [6.07, 6.45) is 3.55. The average Bonchev–Trinajstić information content (AvgIpc) is 3.02. The molecule has 6 nitrogen and oxygen atoms in total. The molecule has 3 rings (SSSR count). The summed E-state index contributed by atoms with van der Waals surface area (Å²) in [5.41, 5.74) is -0.345. The highest BCUT2D eigenvalue weighted by atomic mass is 32.2. The van der Waals surface area contributed by atoms with Gasteiger partial charge in [0.15, 0.2) is 15.8 Å². The van der Waals surface area contributed by atoms with Crippen LogP contribution in [0.25, 0.3) is 4.96 Å². The zero-order chi connectivity index (χ0) is 15.3. The molecular formula is C13H20N4O2S2. The van der Waals surface area contributed by atoms with E-state index in [0.29, 0.717) is 23.9 Å². The van der Waals surface area contributed by atoms with E-state index in [9.17, 15) is 8.42 Å². The number of rotatable bonds is 4. The molecule has 116 valence electrons. The van der Waals surface area contributed by atoms with Crippen molar-refractivity contribution in [2.24, 2.45) is 0 Å². The number of hydrogen-bond acceptors (Lipinski definition) is 5. The minimum absolute atomic E-state index is 0.260. The van der Waals surface area contributed by atoms with Gasteiger partial charge in [-0.2, -0.15) is 4.31 Å². The van der Waals surface area contributed by atoms with E-state index in [-0.39, 0.29) is 10.6 Å². The maximum absolute atomic E-state index is 13.1. The Morgan fingerprint density at radius 2 is 2.24 bits per heavy atom. The van der Waals surface area contributed by atoms with Gasteiger partial charge in [-0.25, -0.2) is 13.4 Å². The van der Waals surface area contributed by atoms with Gasteiger partial charge < -0.3 is 5.32 Å². The van der Waals surface area contributed by atoms with Crippen LogP contribution < -0.4 is 5.32 Å². The molecule has 1 aliphatic heterocycles. The number of nitrogens with zero attached hydrogens (tertiary/aromatic N) is 3. The number of hydrogen-bond donors (Lipinski definition) is 1. The second kappa shape index (κ2) is 4.96. The highest BCUT2D eigenvalue weighted by Crippen LogP contribution is 2.36. The molecule has 0 unspecified atom stereocenters. The molecule has 0 amide bonds. The standard InChI is InChI=1S/C13H20N4O2S2/c1-4-14-10-11(16-8-9-20-12(16)15-10)21(18,19)17-7-5-6-13(17,2)3/h8-9,14H,4-7H2,1-3H3. The molecule has 0 saturated carbocycles. The van der Waals surface area contributed by atoms with Gasteiger partial charge in [-0.1, -0.05) is 0 Å². The Hall–Kier alpha value is -1.12. The Bertz CT molecular complexity index is 760. The zero-order valence-corrected chi connectivity index (χ0v) is 14.1. The number of sulfonamides is 1. The van der Waals surface area contributed by atoms with E-state index >= 15 is 0 Å². The number of thiazole rings is 1. The van der Waals surface area contributed by atoms with Crippen molar-refractivity contribution in [1.82, 2.24) is 13.7 Å². The first-order valence-corrected chi connectivity index (χ1v) is 9.42. The van der Waals surface area contributed by atoms with E-state index in [2.05, 4.69) is 10.3 Å². The lowest BCUT2D eigenvalue weighted by atomic mass is 10.0. The summed E-state index contributed by atoms with van der Waals surface area (Å²) in [7, 11) is -3.57. The van der Waals surface area contributed by atoms with Gasteiger partial charge >= 0.3 is 0 Å². The summed E-state index contributed by atoms with van der Waals surface area (Å²) in [5, 5.41) is 5.19. The van der Waals surface area contributed by atoms with Gasteiger partial charge in [0.2, 0.25) is 0 Å². The van der Waals surface area contributed by atoms with Crippen LogP contribution in [-0.2, 0) is 10.0 Å². The monoisotopic (exact) mass is 328 g/mol. The summed E-state index contributed by atoms with van der Waals surface area (Å²) in [6.45, 7) is 7.10. The van der Waals surface area contributed by atoms with Gasteiger partial charge in [-0.15, -0.1) is 11.3 Å². The summed E-state index contributed by atoms with van der Waals surface area (Å²) < 4.78 is 29.6. The largest absolute Gasteiger partial charge is 0.368 e.